The molecule has 0 saturated heterocycles. The first-order valence-corrected chi connectivity index (χ1v) is 13.2. The summed E-state index contributed by atoms with van der Waals surface area (Å²) >= 11 is -2.24. The molecule has 0 heterocycles. The lowest BCUT2D eigenvalue weighted by atomic mass is 10.1. The van der Waals surface area contributed by atoms with Crippen LogP contribution in [0.15, 0.2) is 0 Å². The minimum Gasteiger partial charge on any atom is -0.549 e. The number of hydrogen-bond donors (Lipinski definition) is 0. The lowest BCUT2D eigenvalue weighted by molar-refractivity contribution is 0.184. The fraction of sp³-hybridized carbons (Fsp3) is 0.579. The van der Waals surface area contributed by atoms with Crippen molar-refractivity contribution < 1.29 is 11.1 Å². The van der Waals surface area contributed by atoms with Crippen LogP contribution in [0.25, 0.3) is 0 Å². The largest absolute Gasteiger partial charge is 0.999 e. The van der Waals surface area contributed by atoms with Gasteiger partial charge in [0, 0.05) is 24.4 Å². The second-order valence-electron chi connectivity index (χ2n) is 6.15. The fourth-order valence-corrected chi connectivity index (χ4v) is 5.03. The van der Waals surface area contributed by atoms with Gasteiger partial charge in [-0.1, -0.05) is 39.0 Å². The number of terminal acetylenes is 1. The fourth-order valence-electron chi connectivity index (χ4n) is 1.68. The summed E-state index contributed by atoms with van der Waals surface area (Å²) in [6, 6.07) is 0. The van der Waals surface area contributed by atoms with Gasteiger partial charge >= 0.3 is 15.1 Å². The highest BCUT2D eigenvalue weighted by molar-refractivity contribution is 6.75. The van der Waals surface area contributed by atoms with Crippen LogP contribution in [0.1, 0.15) is 45.4 Å². The van der Waals surface area contributed by atoms with Gasteiger partial charge in [-0.05, 0) is 43.8 Å². The molecule has 0 N–H and O–H groups in total. The van der Waals surface area contributed by atoms with Gasteiger partial charge < -0.3 is 11.1 Å². The van der Waals surface area contributed by atoms with Crippen LogP contribution in [0.5, 0.6) is 0 Å². The van der Waals surface area contributed by atoms with Crippen LogP contribution < -0.4 is 0 Å². The highest BCUT2D eigenvalue weighted by Crippen LogP contribution is 2.09. The molecule has 5 heteroatoms. The van der Waals surface area contributed by atoms with Crippen molar-refractivity contribution in [1.82, 2.24) is 0 Å². The average molecular weight is 358 g/mol. The van der Waals surface area contributed by atoms with Crippen LogP contribution in [0.4, 0.5) is 0 Å². The van der Waals surface area contributed by atoms with E-state index in [1.165, 1.54) is 32.1 Å². The Balaban J connectivity index is 4.22. The third kappa shape index (κ3) is 17.1. The van der Waals surface area contributed by atoms with E-state index in [4.69, 9.17) is 17.5 Å². The van der Waals surface area contributed by atoms with Crippen molar-refractivity contribution in [2.45, 2.75) is 65.1 Å². The van der Waals surface area contributed by atoms with Crippen molar-refractivity contribution in [3.63, 3.8) is 0 Å². The Morgan fingerprint density at radius 3 is 2.17 bits per heavy atom. The van der Waals surface area contributed by atoms with Gasteiger partial charge in [0.15, 0.2) is 8.32 Å². The summed E-state index contributed by atoms with van der Waals surface area (Å²) in [5.74, 6) is 14.7. The molecule has 0 aliphatic rings. The Labute approximate surface area is 154 Å². The zero-order valence-electron chi connectivity index (χ0n) is 15.3. The molecule has 0 unspecified atom stereocenters. The minimum atomic E-state index is -2.24. The van der Waals surface area contributed by atoms with E-state index in [-0.39, 0.29) is 0 Å². The van der Waals surface area contributed by atoms with Crippen LogP contribution in [-0.4, -0.2) is 30.1 Å². The summed E-state index contributed by atoms with van der Waals surface area (Å²) < 4.78 is 17.2. The van der Waals surface area contributed by atoms with E-state index in [0.717, 1.165) is 6.42 Å². The molecular formula is C19H27AlO3Si. The molecule has 0 rings (SSSR count). The molecule has 0 spiro atoms. The summed E-state index contributed by atoms with van der Waals surface area (Å²) in [7, 11) is -1.73. The third-order valence-electron chi connectivity index (χ3n) is 2.73. The van der Waals surface area contributed by atoms with Crippen LogP contribution in [0.2, 0.25) is 19.6 Å². The van der Waals surface area contributed by atoms with Gasteiger partial charge in [0.05, 0.1) is 6.11 Å². The topological polar surface area (TPSA) is 27.7 Å². The van der Waals surface area contributed by atoms with E-state index >= 15 is 0 Å². The van der Waals surface area contributed by atoms with E-state index in [0.29, 0.717) is 6.61 Å². The molecule has 128 valence electrons. The molecule has 0 amide bonds. The minimum absolute atomic E-state index is 0.661. The molecule has 0 aliphatic carbocycles. The molecule has 0 saturated carbocycles. The molecule has 0 aliphatic heterocycles. The van der Waals surface area contributed by atoms with Crippen LogP contribution in [0, 0.1) is 48.1 Å². The second kappa shape index (κ2) is 15.2. The Morgan fingerprint density at radius 2 is 1.50 bits per heavy atom. The van der Waals surface area contributed by atoms with Crippen LogP contribution in [-0.2, 0) is 11.1 Å². The molecule has 0 fully saturated rings. The first-order chi connectivity index (χ1) is 11.5. The number of unbranched alkanes of at least 4 members (excludes halogenated alkanes) is 5. The van der Waals surface area contributed by atoms with Crippen molar-refractivity contribution in [3.8, 4) is 48.1 Å². The monoisotopic (exact) mass is 358 g/mol. The van der Waals surface area contributed by atoms with Crippen LogP contribution >= 0.6 is 0 Å². The molecule has 0 aromatic rings. The molecule has 0 atom stereocenters. The van der Waals surface area contributed by atoms with Crippen molar-refractivity contribution in [2.75, 3.05) is 6.61 Å². The van der Waals surface area contributed by atoms with E-state index in [1.54, 1.807) is 0 Å². The zero-order chi connectivity index (χ0) is 18.1. The second-order valence-corrected chi connectivity index (χ2v) is 12.5. The maximum absolute atomic E-state index is 5.96. The van der Waals surface area contributed by atoms with Gasteiger partial charge in [-0.3, -0.25) is 0 Å². The van der Waals surface area contributed by atoms with Gasteiger partial charge in [0.2, 0.25) is 0 Å². The molecule has 0 radical (unpaired) electrons. The smallest absolute Gasteiger partial charge is 0.549 e. The molecule has 0 aromatic carbocycles. The Morgan fingerprint density at radius 1 is 0.875 bits per heavy atom. The molecule has 3 nitrogen and oxygen atoms in total. The standard InChI is InChI=1S/C8H17O.C8H2O.C3H9OSi.Al/c2*1-2-3-4-5-6-7-8-9;1-5(2,3)4;/h2-8H2,1H3;1,9H;1-3H3;/q-1;;-1;+3/p-1. The van der Waals surface area contributed by atoms with Gasteiger partial charge in [0.1, 0.15) is 0 Å². The van der Waals surface area contributed by atoms with Gasteiger partial charge in [-0.2, -0.15) is 0 Å². The van der Waals surface area contributed by atoms with Crippen molar-refractivity contribution in [3.05, 3.63) is 0 Å². The lowest BCUT2D eigenvalue weighted by Gasteiger charge is -2.20. The van der Waals surface area contributed by atoms with Crippen molar-refractivity contribution >= 4 is 23.5 Å². The Bertz CT molecular complexity index is 556. The molecular weight excluding hydrogens is 331 g/mol. The number of rotatable bonds is 11. The zero-order valence-corrected chi connectivity index (χ0v) is 17.5. The maximum Gasteiger partial charge on any atom is 0.999 e. The van der Waals surface area contributed by atoms with E-state index in [9.17, 15) is 0 Å². The average Bonchev–Trinajstić information content (AvgIpc) is 2.51. The van der Waals surface area contributed by atoms with Gasteiger partial charge in [0.25, 0.3) is 0 Å². The van der Waals surface area contributed by atoms with Crippen molar-refractivity contribution in [1.29, 1.82) is 0 Å². The molecule has 24 heavy (non-hydrogen) atoms. The van der Waals surface area contributed by atoms with Gasteiger partial charge in [-0.15, -0.1) is 6.42 Å². The summed E-state index contributed by atoms with van der Waals surface area (Å²) in [5, 5.41) is 0. The number of hydrogen-bond acceptors (Lipinski definition) is 3. The van der Waals surface area contributed by atoms with Crippen LogP contribution in [0.3, 0.4) is 0 Å². The van der Waals surface area contributed by atoms with Crippen molar-refractivity contribution in [2.24, 2.45) is 0 Å². The lowest BCUT2D eigenvalue weighted by Crippen LogP contribution is -2.38. The Hall–Kier alpha value is -1.29. The quantitative estimate of drug-likeness (QED) is 0.319. The van der Waals surface area contributed by atoms with E-state index in [1.807, 2.05) is 0 Å². The maximum atomic E-state index is 5.96. The third-order valence-corrected chi connectivity index (χ3v) is 7.15. The van der Waals surface area contributed by atoms with Gasteiger partial charge in [-0.25, -0.2) is 0 Å². The molecule has 0 bridgehead atoms. The first kappa shape index (κ1) is 22.7. The Kier molecular flexibility index (Phi) is 14.4. The highest BCUT2D eigenvalue weighted by atomic mass is 28.4. The van der Waals surface area contributed by atoms with E-state index in [2.05, 4.69) is 68.2 Å². The first-order valence-electron chi connectivity index (χ1n) is 8.40. The predicted octanol–water partition coefficient (Wildman–Crippen LogP) is 3.82. The summed E-state index contributed by atoms with van der Waals surface area (Å²) in [6.45, 7) is 9.19. The highest BCUT2D eigenvalue weighted by Gasteiger charge is 2.39. The predicted molar refractivity (Wildman–Crippen MR) is 103 cm³/mol. The summed E-state index contributed by atoms with van der Waals surface area (Å²) in [5.41, 5.74) is 0. The SMILES string of the molecule is C#CC#CC#CC#C[O][Al]([O]CCCCCCCC)[O][Si](C)(C)C. The normalized spacial score (nSPS) is 9.29. The molecule has 0 aromatic heterocycles. The summed E-state index contributed by atoms with van der Waals surface area (Å²) in [6.07, 6.45) is 14.9. The summed E-state index contributed by atoms with van der Waals surface area (Å²) in [4.78, 5) is 0. The van der Waals surface area contributed by atoms with E-state index < -0.39 is 23.5 Å².